The van der Waals surface area contributed by atoms with Gasteiger partial charge in [0, 0.05) is 79.7 Å². The van der Waals surface area contributed by atoms with E-state index < -0.39 is 12.7 Å². The number of fused-ring (bicyclic) bond motifs is 2. The average Bonchev–Trinajstić information content (AvgIpc) is 3.28. The smallest absolute Gasteiger partial charge is 0.406 e. The highest BCUT2D eigenvalue weighted by atomic mass is 19.4. The van der Waals surface area contributed by atoms with Gasteiger partial charge in [0.25, 0.3) is 5.91 Å². The van der Waals surface area contributed by atoms with Crippen LogP contribution in [-0.4, -0.2) is 156 Å². The quantitative estimate of drug-likeness (QED) is 0.0190. The molecule has 0 aliphatic carbocycles. The average molecular weight is 1160 g/mol. The molecule has 20 heteroatoms. The summed E-state index contributed by atoms with van der Waals surface area (Å²) < 4.78 is 77.6. The topological polar surface area (TPSA) is 187 Å². The number of carbonyl (C=O) groups is 4. The number of rotatable bonds is 30. The minimum Gasteiger partial charge on any atom is -0.495 e. The van der Waals surface area contributed by atoms with Crippen molar-refractivity contribution in [1.29, 1.82) is 0 Å². The fourth-order valence-electron chi connectivity index (χ4n) is 10.8. The van der Waals surface area contributed by atoms with Gasteiger partial charge in [-0.15, -0.1) is 0 Å². The zero-order valence-electron chi connectivity index (χ0n) is 48.6. The van der Waals surface area contributed by atoms with Crippen LogP contribution in [0, 0.1) is 25.7 Å². The highest BCUT2D eigenvalue weighted by Crippen LogP contribution is 2.34. The maximum absolute atomic E-state index is 14.2. The zero-order valence-corrected chi connectivity index (χ0v) is 48.6. The van der Waals surface area contributed by atoms with Crippen LogP contribution in [0.3, 0.4) is 0 Å². The van der Waals surface area contributed by atoms with E-state index in [1.165, 1.54) is 31.6 Å². The largest absolute Gasteiger partial charge is 0.495 e. The molecule has 2 aliphatic heterocycles. The van der Waals surface area contributed by atoms with Gasteiger partial charge in [-0.2, -0.15) is 13.2 Å². The third kappa shape index (κ3) is 17.5. The van der Waals surface area contributed by atoms with Gasteiger partial charge in [-0.05, 0) is 137 Å². The molecular formula is C64H78F3N7O10. The number of likely N-dealkylation sites (tertiary alicyclic amines) is 2. The standard InChI is InChI=1S/C64H78F3N7O10/c1-44-39-47(40-45(2)62(44)83-32-12-29-72-27-7-8-28-72)61(77)60-50-14-5-6-17-55(50)84-56(60)18-10-19-58(75)70-26-34-81-36-38-82-37-35-80-33-24-59(76)73-30-22-48(23-31-73)71-52-15-9-16-54-51(52)42-49(74(54)43-64(65,66)67)13-11-25-69-53-21-20-46(63(78)68-3)41-57(53)79-4/h5-6,9,14-17,20-21,39-42,48,69,71H,7-8,10,12,18-19,22-38,43H2,1-4H3,(H,68,78)(H,70,75). The lowest BCUT2D eigenvalue weighted by Gasteiger charge is -2.33. The summed E-state index contributed by atoms with van der Waals surface area (Å²) in [4.78, 5) is 56.3. The second-order valence-electron chi connectivity index (χ2n) is 21.1. The van der Waals surface area contributed by atoms with Crippen LogP contribution in [0.4, 0.5) is 24.5 Å². The van der Waals surface area contributed by atoms with Crippen LogP contribution in [0.5, 0.6) is 11.5 Å². The van der Waals surface area contributed by atoms with Gasteiger partial charge in [0.15, 0.2) is 5.78 Å². The summed E-state index contributed by atoms with van der Waals surface area (Å²) in [5.41, 5.74) is 5.85. The molecule has 3 amide bonds. The van der Waals surface area contributed by atoms with E-state index >= 15 is 0 Å². The van der Waals surface area contributed by atoms with Crippen molar-refractivity contribution in [3.8, 4) is 23.3 Å². The molecule has 2 saturated heterocycles. The van der Waals surface area contributed by atoms with Gasteiger partial charge in [-0.25, -0.2) is 0 Å². The van der Waals surface area contributed by atoms with Gasteiger partial charge in [-0.3, -0.25) is 19.2 Å². The Labute approximate surface area is 489 Å². The third-order valence-corrected chi connectivity index (χ3v) is 15.0. The number of ketones is 1. The monoisotopic (exact) mass is 1160 g/mol. The molecule has 4 N–H and O–H groups in total. The number of carbonyl (C=O) groups excluding carboxylic acids is 4. The first kappa shape index (κ1) is 62.5. The van der Waals surface area contributed by atoms with E-state index in [0.29, 0.717) is 141 Å². The lowest BCUT2D eigenvalue weighted by atomic mass is 9.95. The van der Waals surface area contributed by atoms with Crippen LogP contribution in [0.1, 0.15) is 100 Å². The van der Waals surface area contributed by atoms with Crippen LogP contribution in [0.2, 0.25) is 0 Å². The number of amides is 3. The van der Waals surface area contributed by atoms with Crippen molar-refractivity contribution in [2.45, 2.75) is 90.4 Å². The molecule has 2 fully saturated rings. The number of alkyl halides is 3. The van der Waals surface area contributed by atoms with E-state index in [0.717, 1.165) is 48.3 Å². The Morgan fingerprint density at radius 2 is 1.49 bits per heavy atom. The van der Waals surface area contributed by atoms with Crippen molar-refractivity contribution in [1.82, 2.24) is 25.0 Å². The Morgan fingerprint density at radius 1 is 0.762 bits per heavy atom. The number of furan rings is 1. The molecule has 2 aromatic heterocycles. The predicted molar refractivity (Wildman–Crippen MR) is 317 cm³/mol. The van der Waals surface area contributed by atoms with Crippen molar-refractivity contribution in [2.75, 3.05) is 117 Å². The number of piperidine rings is 1. The zero-order chi connectivity index (χ0) is 59.4. The number of anilines is 2. The van der Waals surface area contributed by atoms with Gasteiger partial charge in [0.1, 0.15) is 29.4 Å². The normalized spacial score (nSPS) is 13.9. The molecule has 0 radical (unpaired) electrons. The number of nitrogens with zero attached hydrogens (tertiary/aromatic N) is 3. The van der Waals surface area contributed by atoms with Gasteiger partial charge >= 0.3 is 6.18 Å². The molecule has 0 saturated carbocycles. The van der Waals surface area contributed by atoms with Crippen LogP contribution >= 0.6 is 0 Å². The number of benzene rings is 4. The SMILES string of the molecule is CNC(=O)c1ccc(NCC#Cc2cc3c(NC4CCN(C(=O)CCOCCOCCOCCNC(=O)CCCc5oc6ccccc6c5C(=O)c5cc(C)c(OCCCN6CCCC6)c(C)c5)CC4)cccc3n2CC(F)(F)F)c(OC)c1. The molecular weight excluding hydrogens is 1080 g/mol. The maximum atomic E-state index is 14.2. The summed E-state index contributed by atoms with van der Waals surface area (Å²) in [6.45, 7) is 10.1. The summed E-state index contributed by atoms with van der Waals surface area (Å²) in [6.07, 6.45) is 1.71. The number of halogens is 3. The molecule has 6 aromatic rings. The number of nitrogens with one attached hydrogen (secondary N) is 4. The highest BCUT2D eigenvalue weighted by Gasteiger charge is 2.31. The first-order valence-corrected chi connectivity index (χ1v) is 29.1. The van der Waals surface area contributed by atoms with E-state index in [1.807, 2.05) is 61.2 Å². The molecule has 17 nitrogen and oxygen atoms in total. The number of para-hydroxylation sites is 1. The van der Waals surface area contributed by atoms with Crippen molar-refractivity contribution in [3.63, 3.8) is 0 Å². The molecule has 4 aromatic carbocycles. The summed E-state index contributed by atoms with van der Waals surface area (Å²) >= 11 is 0. The Bertz CT molecular complexity index is 3240. The van der Waals surface area contributed by atoms with Crippen molar-refractivity contribution >= 4 is 56.8 Å². The molecule has 0 atom stereocenters. The maximum Gasteiger partial charge on any atom is 0.406 e. The number of methoxy groups -OCH3 is 1. The number of hydrogen-bond donors (Lipinski definition) is 4. The van der Waals surface area contributed by atoms with Gasteiger partial charge in [0.05, 0.1) is 88.8 Å². The highest BCUT2D eigenvalue weighted by molar-refractivity contribution is 6.17. The predicted octanol–water partition coefficient (Wildman–Crippen LogP) is 9.48. The Balaban J connectivity index is 0.677. The second-order valence-corrected chi connectivity index (χ2v) is 21.1. The molecule has 84 heavy (non-hydrogen) atoms. The van der Waals surface area contributed by atoms with Gasteiger partial charge in [-0.1, -0.05) is 30.2 Å². The minimum atomic E-state index is -4.48. The van der Waals surface area contributed by atoms with Crippen molar-refractivity contribution < 1.29 is 60.5 Å². The van der Waals surface area contributed by atoms with Crippen molar-refractivity contribution in [2.24, 2.45) is 0 Å². The van der Waals surface area contributed by atoms with E-state index in [4.69, 9.17) is 28.1 Å². The second kappa shape index (κ2) is 30.8. The van der Waals surface area contributed by atoms with E-state index in [9.17, 15) is 32.3 Å². The molecule has 0 bridgehead atoms. The van der Waals surface area contributed by atoms with E-state index in [1.54, 1.807) is 36.4 Å². The Morgan fingerprint density at radius 3 is 2.21 bits per heavy atom. The molecule has 8 rings (SSSR count). The van der Waals surface area contributed by atoms with E-state index in [2.05, 4.69) is 38.0 Å². The molecule has 4 heterocycles. The summed E-state index contributed by atoms with van der Waals surface area (Å²) in [5.74, 6) is 7.14. The number of hydrogen-bond acceptors (Lipinski definition) is 13. The summed E-state index contributed by atoms with van der Waals surface area (Å²) in [7, 11) is 3.00. The van der Waals surface area contributed by atoms with Crippen molar-refractivity contribution in [3.05, 3.63) is 118 Å². The first-order chi connectivity index (χ1) is 40.7. The number of aromatic nitrogens is 1. The van der Waals surface area contributed by atoms with Crippen LogP contribution in [0.25, 0.3) is 21.9 Å². The van der Waals surface area contributed by atoms with Crippen LogP contribution < -0.4 is 30.7 Å². The lowest BCUT2D eigenvalue weighted by Crippen LogP contribution is -2.42. The van der Waals surface area contributed by atoms with Gasteiger partial charge < -0.3 is 63.7 Å². The fraction of sp³-hybridized carbons (Fsp3) is 0.469. The van der Waals surface area contributed by atoms with Gasteiger partial charge in [0.2, 0.25) is 11.8 Å². The fourth-order valence-corrected chi connectivity index (χ4v) is 10.8. The van der Waals surface area contributed by atoms with Crippen LogP contribution in [0.15, 0.2) is 83.3 Å². The summed E-state index contributed by atoms with van der Waals surface area (Å²) in [5, 5.41) is 13.5. The number of aryl methyl sites for hydroxylation is 3. The Kier molecular flexibility index (Phi) is 22.9. The third-order valence-electron chi connectivity index (χ3n) is 15.0. The minimum absolute atomic E-state index is 0.00464. The molecule has 0 spiro atoms. The Hall–Kier alpha value is -7.57. The van der Waals surface area contributed by atoms with E-state index in [-0.39, 0.29) is 61.2 Å². The lowest BCUT2D eigenvalue weighted by molar-refractivity contribution is -0.140. The first-order valence-electron chi connectivity index (χ1n) is 29.1. The molecule has 450 valence electrons. The molecule has 2 aliphatic rings. The molecule has 0 unspecified atom stereocenters. The summed E-state index contributed by atoms with van der Waals surface area (Å²) in [6, 6.07) is 23.1. The van der Waals surface area contributed by atoms with Crippen LogP contribution in [-0.2, 0) is 36.8 Å². The number of ether oxygens (including phenoxy) is 5.